The normalized spacial score (nSPS) is 10.5. The number of ketones is 1. The summed E-state index contributed by atoms with van der Waals surface area (Å²) in [6.07, 6.45) is 1.71. The van der Waals surface area contributed by atoms with Crippen molar-refractivity contribution < 1.29 is 9.47 Å². The van der Waals surface area contributed by atoms with Crippen LogP contribution in [0.25, 0.3) is 10.8 Å². The SMILES string of the molecule is N[n+]1ccc2ccccc2c1C(=O)c1ccccc1. The maximum atomic E-state index is 12.6. The van der Waals surface area contributed by atoms with Gasteiger partial charge in [0.15, 0.2) is 0 Å². The number of nitrogens with two attached hydrogens (primary N) is 1. The molecule has 0 radical (unpaired) electrons. The van der Waals surface area contributed by atoms with Crippen LogP contribution in [0.2, 0.25) is 0 Å². The minimum atomic E-state index is -0.0695. The molecule has 0 aliphatic heterocycles. The van der Waals surface area contributed by atoms with Gasteiger partial charge in [0, 0.05) is 11.6 Å². The molecule has 0 unspecified atom stereocenters. The monoisotopic (exact) mass is 249 g/mol. The first-order valence-electron chi connectivity index (χ1n) is 6.05. The topological polar surface area (TPSA) is 47.0 Å². The number of rotatable bonds is 2. The number of carbonyl (C=O) groups is 1. The van der Waals surface area contributed by atoms with Gasteiger partial charge in [0.2, 0.25) is 6.20 Å². The van der Waals surface area contributed by atoms with Crippen molar-refractivity contribution in [1.82, 2.24) is 0 Å². The number of nitrogen functional groups attached to an aromatic ring is 1. The van der Waals surface area contributed by atoms with Crippen LogP contribution in [0.4, 0.5) is 0 Å². The number of pyridine rings is 1. The Morgan fingerprint density at radius 2 is 1.58 bits per heavy atom. The number of hydrogen-bond donors (Lipinski definition) is 1. The average Bonchev–Trinajstić information content (AvgIpc) is 2.47. The molecule has 1 heterocycles. The van der Waals surface area contributed by atoms with Crippen LogP contribution in [-0.2, 0) is 0 Å². The molecule has 0 amide bonds. The maximum absolute atomic E-state index is 12.6. The quantitative estimate of drug-likeness (QED) is 0.429. The van der Waals surface area contributed by atoms with Gasteiger partial charge in [-0.2, -0.15) is 0 Å². The highest BCUT2D eigenvalue weighted by atomic mass is 16.1. The molecule has 0 aliphatic carbocycles. The van der Waals surface area contributed by atoms with E-state index in [-0.39, 0.29) is 5.78 Å². The van der Waals surface area contributed by atoms with E-state index in [9.17, 15) is 4.79 Å². The summed E-state index contributed by atoms with van der Waals surface area (Å²) in [4.78, 5) is 12.6. The van der Waals surface area contributed by atoms with Crippen molar-refractivity contribution in [3.05, 3.63) is 78.1 Å². The van der Waals surface area contributed by atoms with E-state index in [1.165, 1.54) is 4.68 Å². The van der Waals surface area contributed by atoms with E-state index in [2.05, 4.69) is 0 Å². The molecule has 2 aromatic carbocycles. The molecule has 0 atom stereocenters. The lowest BCUT2D eigenvalue weighted by molar-refractivity contribution is -0.639. The van der Waals surface area contributed by atoms with Crippen LogP contribution in [0.3, 0.4) is 0 Å². The van der Waals surface area contributed by atoms with Crippen molar-refractivity contribution in [1.29, 1.82) is 0 Å². The number of nitrogens with zero attached hydrogens (tertiary/aromatic N) is 1. The lowest BCUT2D eigenvalue weighted by Crippen LogP contribution is -2.49. The molecule has 3 nitrogen and oxygen atoms in total. The molecular weight excluding hydrogens is 236 g/mol. The fourth-order valence-corrected chi connectivity index (χ4v) is 2.20. The second-order valence-corrected chi connectivity index (χ2v) is 4.35. The Labute approximate surface area is 110 Å². The lowest BCUT2D eigenvalue weighted by atomic mass is 10.0. The number of benzene rings is 2. The van der Waals surface area contributed by atoms with Crippen LogP contribution in [0.5, 0.6) is 0 Å². The molecule has 2 N–H and O–H groups in total. The van der Waals surface area contributed by atoms with Crippen molar-refractivity contribution in [3.63, 3.8) is 0 Å². The van der Waals surface area contributed by atoms with E-state index in [1.54, 1.807) is 18.3 Å². The van der Waals surface area contributed by atoms with E-state index in [0.29, 0.717) is 11.3 Å². The number of fused-ring (bicyclic) bond motifs is 1. The van der Waals surface area contributed by atoms with Crippen LogP contribution in [0, 0.1) is 0 Å². The minimum absolute atomic E-state index is 0.0695. The molecule has 92 valence electrons. The Hall–Kier alpha value is -2.68. The van der Waals surface area contributed by atoms with E-state index in [0.717, 1.165) is 10.8 Å². The molecule has 0 saturated carbocycles. The summed E-state index contributed by atoms with van der Waals surface area (Å²) in [5.74, 6) is 5.85. The molecule has 1 aromatic heterocycles. The van der Waals surface area contributed by atoms with Crippen molar-refractivity contribution >= 4 is 16.6 Å². The number of hydrogen-bond acceptors (Lipinski definition) is 2. The van der Waals surface area contributed by atoms with E-state index in [4.69, 9.17) is 5.84 Å². The van der Waals surface area contributed by atoms with Gasteiger partial charge in [0.25, 0.3) is 11.5 Å². The molecule has 0 bridgehead atoms. The molecule has 0 aliphatic rings. The smallest absolute Gasteiger partial charge is 0.282 e. The molecule has 0 spiro atoms. The van der Waals surface area contributed by atoms with E-state index in [1.807, 2.05) is 48.5 Å². The Balaban J connectivity index is 2.25. The van der Waals surface area contributed by atoms with Gasteiger partial charge in [0.05, 0.1) is 5.39 Å². The molecule has 0 saturated heterocycles. The first-order chi connectivity index (χ1) is 9.27. The van der Waals surface area contributed by atoms with Gasteiger partial charge in [-0.3, -0.25) is 4.79 Å². The van der Waals surface area contributed by atoms with Gasteiger partial charge in [-0.25, -0.2) is 5.84 Å². The summed E-state index contributed by atoms with van der Waals surface area (Å²) in [7, 11) is 0. The highest BCUT2D eigenvalue weighted by Crippen LogP contribution is 2.17. The van der Waals surface area contributed by atoms with Gasteiger partial charge >= 0.3 is 0 Å². The second kappa shape index (κ2) is 4.53. The first-order valence-corrected chi connectivity index (χ1v) is 6.05. The zero-order chi connectivity index (χ0) is 13.2. The van der Waals surface area contributed by atoms with E-state index < -0.39 is 0 Å². The van der Waals surface area contributed by atoms with Gasteiger partial charge in [-0.05, 0) is 11.5 Å². The highest BCUT2D eigenvalue weighted by Gasteiger charge is 2.23. The zero-order valence-electron chi connectivity index (χ0n) is 10.3. The van der Waals surface area contributed by atoms with Crippen molar-refractivity contribution in [3.8, 4) is 0 Å². The summed E-state index contributed by atoms with van der Waals surface area (Å²) in [5, 5.41) is 1.87. The fraction of sp³-hybridized carbons (Fsp3) is 0. The first kappa shape index (κ1) is 11.4. The molecule has 19 heavy (non-hydrogen) atoms. The van der Waals surface area contributed by atoms with Crippen LogP contribution in [-0.4, -0.2) is 5.78 Å². The van der Waals surface area contributed by atoms with Gasteiger partial charge in [-0.15, -0.1) is 0 Å². The number of aromatic nitrogens is 1. The third kappa shape index (κ3) is 1.95. The van der Waals surface area contributed by atoms with Crippen LogP contribution < -0.4 is 10.5 Å². The maximum Gasteiger partial charge on any atom is 0.290 e. The summed E-state index contributed by atoms with van der Waals surface area (Å²) >= 11 is 0. The van der Waals surface area contributed by atoms with Crippen LogP contribution >= 0.6 is 0 Å². The second-order valence-electron chi connectivity index (χ2n) is 4.35. The molecular formula is C16H13N2O+. The molecule has 0 fully saturated rings. The number of carbonyl (C=O) groups excluding carboxylic acids is 1. The Kier molecular flexibility index (Phi) is 2.72. The highest BCUT2D eigenvalue weighted by molar-refractivity contribution is 6.13. The average molecular weight is 249 g/mol. The van der Waals surface area contributed by atoms with Crippen molar-refractivity contribution in [2.24, 2.45) is 0 Å². The Bertz CT molecular complexity index is 751. The van der Waals surface area contributed by atoms with Crippen molar-refractivity contribution in [2.75, 3.05) is 5.84 Å². The zero-order valence-corrected chi connectivity index (χ0v) is 10.3. The van der Waals surface area contributed by atoms with Crippen molar-refractivity contribution in [2.45, 2.75) is 0 Å². The Morgan fingerprint density at radius 1 is 0.895 bits per heavy atom. The predicted molar refractivity (Wildman–Crippen MR) is 74.2 cm³/mol. The molecule has 3 aromatic rings. The third-order valence-corrected chi connectivity index (χ3v) is 3.14. The van der Waals surface area contributed by atoms with Gasteiger partial charge < -0.3 is 0 Å². The lowest BCUT2D eigenvalue weighted by Gasteiger charge is -2.03. The standard InChI is InChI=1S/C16H12N2O/c17-18-11-10-12-6-4-5-9-14(12)15(18)16(19)13-7-2-1-3-8-13/h1-11H,(H-,17,19)/p+1. The van der Waals surface area contributed by atoms with Crippen LogP contribution in [0.15, 0.2) is 66.9 Å². The minimum Gasteiger partial charge on any atom is -0.282 e. The fourth-order valence-electron chi connectivity index (χ4n) is 2.20. The molecule has 3 heteroatoms. The Morgan fingerprint density at radius 3 is 2.37 bits per heavy atom. The van der Waals surface area contributed by atoms with Gasteiger partial charge in [0.1, 0.15) is 0 Å². The summed E-state index contributed by atoms with van der Waals surface area (Å²) in [6, 6.07) is 18.8. The predicted octanol–water partition coefficient (Wildman–Crippen LogP) is 2.07. The summed E-state index contributed by atoms with van der Waals surface area (Å²) in [5.41, 5.74) is 1.14. The summed E-state index contributed by atoms with van der Waals surface area (Å²) in [6.45, 7) is 0. The third-order valence-electron chi connectivity index (χ3n) is 3.14. The largest absolute Gasteiger partial charge is 0.290 e. The van der Waals surface area contributed by atoms with Crippen LogP contribution in [0.1, 0.15) is 16.1 Å². The summed E-state index contributed by atoms with van der Waals surface area (Å²) < 4.78 is 1.39. The molecule has 3 rings (SSSR count). The van der Waals surface area contributed by atoms with Gasteiger partial charge in [-0.1, -0.05) is 53.2 Å². The van der Waals surface area contributed by atoms with E-state index >= 15 is 0 Å².